The summed E-state index contributed by atoms with van der Waals surface area (Å²) in [6, 6.07) is 12.4. The molecule has 1 N–H and O–H groups in total. The van der Waals surface area contributed by atoms with E-state index in [9.17, 15) is 4.79 Å². The van der Waals surface area contributed by atoms with Crippen molar-refractivity contribution in [3.63, 3.8) is 0 Å². The van der Waals surface area contributed by atoms with Crippen LogP contribution >= 0.6 is 0 Å². The first-order valence-corrected chi connectivity index (χ1v) is 8.36. The summed E-state index contributed by atoms with van der Waals surface area (Å²) < 4.78 is 1.86. The number of benzene rings is 1. The highest BCUT2D eigenvalue weighted by Gasteiger charge is 2.31. The molecule has 0 spiro atoms. The van der Waals surface area contributed by atoms with Crippen molar-refractivity contribution in [3.8, 4) is 11.4 Å². The molecule has 3 aromatic rings. The molecule has 2 heterocycles. The van der Waals surface area contributed by atoms with Gasteiger partial charge >= 0.3 is 0 Å². The van der Waals surface area contributed by atoms with Crippen molar-refractivity contribution >= 4 is 5.91 Å². The molecule has 6 heteroatoms. The van der Waals surface area contributed by atoms with Crippen LogP contribution in [0.4, 0.5) is 0 Å². The van der Waals surface area contributed by atoms with Crippen LogP contribution in [0.1, 0.15) is 34.9 Å². The topological polar surface area (TPSA) is 72.7 Å². The van der Waals surface area contributed by atoms with E-state index in [-0.39, 0.29) is 17.8 Å². The molecule has 25 heavy (non-hydrogen) atoms. The van der Waals surface area contributed by atoms with Crippen LogP contribution in [-0.4, -0.2) is 31.5 Å². The number of imidazole rings is 1. The highest BCUT2D eigenvalue weighted by atomic mass is 16.2. The molecule has 0 saturated heterocycles. The molecule has 0 atom stereocenters. The first kappa shape index (κ1) is 15.5. The Morgan fingerprint density at radius 3 is 2.72 bits per heavy atom. The number of aromatic nitrogens is 4. The van der Waals surface area contributed by atoms with E-state index in [4.69, 9.17) is 0 Å². The molecule has 2 aromatic heterocycles. The van der Waals surface area contributed by atoms with Crippen LogP contribution in [-0.2, 0) is 7.05 Å². The smallest absolute Gasteiger partial charge is 0.289 e. The Morgan fingerprint density at radius 2 is 2.00 bits per heavy atom. The van der Waals surface area contributed by atoms with E-state index in [2.05, 4.69) is 44.5 Å². The Bertz CT molecular complexity index is 884. The van der Waals surface area contributed by atoms with Crippen LogP contribution < -0.4 is 5.32 Å². The zero-order valence-corrected chi connectivity index (χ0v) is 14.0. The van der Waals surface area contributed by atoms with Crippen molar-refractivity contribution < 1.29 is 4.79 Å². The van der Waals surface area contributed by atoms with Crippen molar-refractivity contribution in [2.45, 2.75) is 24.8 Å². The summed E-state index contributed by atoms with van der Waals surface area (Å²) in [6.07, 6.45) is 6.95. The molecule has 0 bridgehead atoms. The van der Waals surface area contributed by atoms with Crippen molar-refractivity contribution in [3.05, 3.63) is 66.5 Å². The predicted molar refractivity (Wildman–Crippen MR) is 93.9 cm³/mol. The molecule has 4 rings (SSSR count). The van der Waals surface area contributed by atoms with Gasteiger partial charge in [0, 0.05) is 19.3 Å². The van der Waals surface area contributed by atoms with Gasteiger partial charge in [-0.25, -0.2) is 15.0 Å². The van der Waals surface area contributed by atoms with Crippen molar-refractivity contribution in [2.24, 2.45) is 7.05 Å². The second kappa shape index (κ2) is 6.47. The lowest BCUT2D eigenvalue weighted by Gasteiger charge is -2.36. The number of nitrogens with zero attached hydrogens (tertiary/aromatic N) is 4. The molecule has 0 unspecified atom stereocenters. The number of hydrogen-bond acceptors (Lipinski definition) is 4. The Kier molecular flexibility index (Phi) is 4.01. The fourth-order valence-electron chi connectivity index (χ4n) is 3.20. The van der Waals surface area contributed by atoms with E-state index in [1.807, 2.05) is 17.7 Å². The first-order chi connectivity index (χ1) is 12.2. The van der Waals surface area contributed by atoms with E-state index in [1.54, 1.807) is 24.8 Å². The number of amides is 1. The van der Waals surface area contributed by atoms with Gasteiger partial charge in [0.2, 0.25) is 5.82 Å². The van der Waals surface area contributed by atoms with Crippen LogP contribution in [0.25, 0.3) is 11.4 Å². The number of carbonyl (C=O) groups is 1. The zero-order valence-electron chi connectivity index (χ0n) is 14.0. The molecule has 6 nitrogen and oxygen atoms in total. The van der Waals surface area contributed by atoms with E-state index in [1.165, 1.54) is 5.56 Å². The van der Waals surface area contributed by atoms with Gasteiger partial charge in [0.25, 0.3) is 5.91 Å². The monoisotopic (exact) mass is 333 g/mol. The lowest BCUT2D eigenvalue weighted by molar-refractivity contribution is 0.0898. The highest BCUT2D eigenvalue weighted by molar-refractivity contribution is 5.91. The van der Waals surface area contributed by atoms with Gasteiger partial charge in [0.15, 0.2) is 0 Å². The van der Waals surface area contributed by atoms with Gasteiger partial charge in [0.1, 0.15) is 0 Å². The van der Waals surface area contributed by atoms with Crippen LogP contribution in [0.2, 0.25) is 0 Å². The fourth-order valence-corrected chi connectivity index (χ4v) is 3.20. The van der Waals surface area contributed by atoms with E-state index in [0.717, 1.165) is 18.5 Å². The summed E-state index contributed by atoms with van der Waals surface area (Å²) in [7, 11) is 1.89. The van der Waals surface area contributed by atoms with E-state index >= 15 is 0 Å². The average molecular weight is 333 g/mol. The Balaban J connectivity index is 1.40. The summed E-state index contributed by atoms with van der Waals surface area (Å²) in [5.41, 5.74) is 2.88. The molecule has 1 saturated carbocycles. The number of hydrogen-bond donors (Lipinski definition) is 1. The molecule has 1 aliphatic carbocycles. The minimum atomic E-state index is -0.222. The van der Waals surface area contributed by atoms with Gasteiger partial charge in [0.05, 0.1) is 23.9 Å². The molecule has 126 valence electrons. The van der Waals surface area contributed by atoms with Gasteiger partial charge in [-0.15, -0.1) is 0 Å². The predicted octanol–water partition coefficient (Wildman–Crippen LogP) is 2.55. The van der Waals surface area contributed by atoms with Crippen molar-refractivity contribution in [2.75, 3.05) is 0 Å². The second-order valence-corrected chi connectivity index (χ2v) is 6.40. The van der Waals surface area contributed by atoms with Crippen LogP contribution in [0, 0.1) is 0 Å². The minimum Gasteiger partial charge on any atom is -0.347 e. The lowest BCUT2D eigenvalue weighted by atomic mass is 9.76. The van der Waals surface area contributed by atoms with Crippen molar-refractivity contribution in [1.29, 1.82) is 0 Å². The van der Waals surface area contributed by atoms with Crippen molar-refractivity contribution in [1.82, 2.24) is 24.8 Å². The molecule has 0 radical (unpaired) electrons. The minimum absolute atomic E-state index is 0.182. The van der Waals surface area contributed by atoms with Gasteiger partial charge in [-0.1, -0.05) is 30.3 Å². The molecule has 1 fully saturated rings. The largest absolute Gasteiger partial charge is 0.347 e. The number of nitrogens with one attached hydrogen (secondary N) is 1. The quantitative estimate of drug-likeness (QED) is 0.796. The van der Waals surface area contributed by atoms with Gasteiger partial charge < -0.3 is 9.88 Å². The third-order valence-electron chi connectivity index (χ3n) is 4.68. The zero-order chi connectivity index (χ0) is 17.2. The molecular formula is C19H19N5O. The summed E-state index contributed by atoms with van der Waals surface area (Å²) in [5.74, 6) is 0.496. The standard InChI is InChI=1S/C19H19N5O/c1-24-12-20-11-17(24)16-7-8-21-18(23-16)19(25)22-15-9-14(10-15)13-5-3-2-4-6-13/h2-8,11-12,14-15H,9-10H2,1H3,(H,22,25)/t14-,15+. The summed E-state index contributed by atoms with van der Waals surface area (Å²) in [5, 5.41) is 3.03. The SMILES string of the molecule is Cn1cncc1-c1ccnc(C(=O)N[C@H]2C[C@@H](c3ccccc3)C2)n1. The fraction of sp³-hybridized carbons (Fsp3) is 0.263. The third kappa shape index (κ3) is 3.15. The average Bonchev–Trinajstić information content (AvgIpc) is 3.04. The van der Waals surface area contributed by atoms with Gasteiger partial charge in [-0.2, -0.15) is 0 Å². The highest BCUT2D eigenvalue weighted by Crippen LogP contribution is 2.36. The second-order valence-electron chi connectivity index (χ2n) is 6.40. The molecular weight excluding hydrogens is 314 g/mol. The summed E-state index contributed by atoms with van der Waals surface area (Å²) in [6.45, 7) is 0. The Morgan fingerprint density at radius 1 is 1.20 bits per heavy atom. The van der Waals surface area contributed by atoms with Gasteiger partial charge in [-0.3, -0.25) is 4.79 Å². The number of carbonyl (C=O) groups excluding carboxylic acids is 1. The van der Waals surface area contributed by atoms with E-state index < -0.39 is 0 Å². The molecule has 1 aromatic carbocycles. The Hall–Kier alpha value is -3.02. The Labute approximate surface area is 146 Å². The van der Waals surface area contributed by atoms with E-state index in [0.29, 0.717) is 11.6 Å². The number of aryl methyl sites for hydroxylation is 1. The van der Waals surface area contributed by atoms with Gasteiger partial charge in [-0.05, 0) is 30.4 Å². The lowest BCUT2D eigenvalue weighted by Crippen LogP contribution is -2.43. The third-order valence-corrected chi connectivity index (χ3v) is 4.68. The maximum Gasteiger partial charge on any atom is 0.289 e. The normalized spacial score (nSPS) is 19.2. The van der Waals surface area contributed by atoms with Crippen LogP contribution in [0.3, 0.4) is 0 Å². The molecule has 1 amide bonds. The summed E-state index contributed by atoms with van der Waals surface area (Å²) >= 11 is 0. The summed E-state index contributed by atoms with van der Waals surface area (Å²) in [4.78, 5) is 25.0. The van der Waals surface area contributed by atoms with Crippen LogP contribution in [0.5, 0.6) is 0 Å². The molecule has 0 aliphatic heterocycles. The number of rotatable bonds is 4. The maximum atomic E-state index is 12.4. The molecule has 1 aliphatic rings. The maximum absolute atomic E-state index is 12.4. The van der Waals surface area contributed by atoms with Crippen LogP contribution in [0.15, 0.2) is 55.1 Å². The first-order valence-electron chi connectivity index (χ1n) is 8.36.